The lowest BCUT2D eigenvalue weighted by atomic mass is 10.2. The largest absolute Gasteiger partial charge is 0.364 e. The van der Waals surface area contributed by atoms with Gasteiger partial charge in [-0.2, -0.15) is 0 Å². The molecule has 3 heteroatoms. The second kappa shape index (κ2) is 5.66. The first-order valence-electron chi connectivity index (χ1n) is 5.65. The SMILES string of the molecule is C=CCN(c1ccc([C@H](C)N)nc1)C(C)C. The summed E-state index contributed by atoms with van der Waals surface area (Å²) in [5.74, 6) is 0. The van der Waals surface area contributed by atoms with Crippen molar-refractivity contribution < 1.29 is 0 Å². The van der Waals surface area contributed by atoms with Gasteiger partial charge in [-0.05, 0) is 32.9 Å². The van der Waals surface area contributed by atoms with Crippen LogP contribution in [0.25, 0.3) is 0 Å². The Morgan fingerprint density at radius 3 is 2.50 bits per heavy atom. The fourth-order valence-corrected chi connectivity index (χ4v) is 1.59. The van der Waals surface area contributed by atoms with Crippen molar-refractivity contribution in [1.82, 2.24) is 4.98 Å². The van der Waals surface area contributed by atoms with Crippen LogP contribution >= 0.6 is 0 Å². The summed E-state index contributed by atoms with van der Waals surface area (Å²) in [5, 5.41) is 0. The normalized spacial score (nSPS) is 12.6. The summed E-state index contributed by atoms with van der Waals surface area (Å²) in [6.07, 6.45) is 3.78. The van der Waals surface area contributed by atoms with E-state index in [0.717, 1.165) is 17.9 Å². The van der Waals surface area contributed by atoms with Gasteiger partial charge in [0.15, 0.2) is 0 Å². The molecule has 1 atom stereocenters. The molecule has 0 saturated carbocycles. The third-order valence-electron chi connectivity index (χ3n) is 2.52. The molecule has 16 heavy (non-hydrogen) atoms. The summed E-state index contributed by atoms with van der Waals surface area (Å²) in [4.78, 5) is 6.60. The number of nitrogens with two attached hydrogens (primary N) is 1. The van der Waals surface area contributed by atoms with Crippen molar-refractivity contribution in [3.05, 3.63) is 36.7 Å². The van der Waals surface area contributed by atoms with E-state index in [2.05, 4.69) is 36.4 Å². The highest BCUT2D eigenvalue weighted by Gasteiger charge is 2.09. The molecule has 88 valence electrons. The highest BCUT2D eigenvalue weighted by atomic mass is 15.2. The van der Waals surface area contributed by atoms with E-state index in [0.29, 0.717) is 6.04 Å². The van der Waals surface area contributed by atoms with E-state index in [9.17, 15) is 0 Å². The van der Waals surface area contributed by atoms with Gasteiger partial charge in [-0.1, -0.05) is 6.08 Å². The highest BCUT2D eigenvalue weighted by Crippen LogP contribution is 2.17. The summed E-state index contributed by atoms with van der Waals surface area (Å²) in [6, 6.07) is 4.47. The number of hydrogen-bond donors (Lipinski definition) is 1. The molecule has 0 amide bonds. The zero-order valence-electron chi connectivity index (χ0n) is 10.4. The van der Waals surface area contributed by atoms with Crippen molar-refractivity contribution >= 4 is 5.69 Å². The fourth-order valence-electron chi connectivity index (χ4n) is 1.59. The maximum atomic E-state index is 5.77. The molecule has 0 bridgehead atoms. The van der Waals surface area contributed by atoms with Gasteiger partial charge in [-0.15, -0.1) is 6.58 Å². The van der Waals surface area contributed by atoms with E-state index < -0.39 is 0 Å². The van der Waals surface area contributed by atoms with Gasteiger partial charge in [0.1, 0.15) is 0 Å². The molecule has 0 fully saturated rings. The lowest BCUT2D eigenvalue weighted by Gasteiger charge is -2.27. The maximum Gasteiger partial charge on any atom is 0.0569 e. The van der Waals surface area contributed by atoms with E-state index in [1.165, 1.54) is 0 Å². The zero-order valence-corrected chi connectivity index (χ0v) is 10.4. The van der Waals surface area contributed by atoms with Crippen LogP contribution in [-0.2, 0) is 0 Å². The molecule has 1 rings (SSSR count). The minimum absolute atomic E-state index is 0.0130. The highest BCUT2D eigenvalue weighted by molar-refractivity contribution is 5.46. The van der Waals surface area contributed by atoms with Crippen molar-refractivity contribution in [3.8, 4) is 0 Å². The van der Waals surface area contributed by atoms with Gasteiger partial charge >= 0.3 is 0 Å². The second-order valence-electron chi connectivity index (χ2n) is 4.26. The number of rotatable bonds is 5. The Labute approximate surface area is 98.0 Å². The second-order valence-corrected chi connectivity index (χ2v) is 4.26. The smallest absolute Gasteiger partial charge is 0.0569 e. The number of anilines is 1. The Morgan fingerprint density at radius 2 is 2.12 bits per heavy atom. The Bertz CT molecular complexity index is 328. The van der Waals surface area contributed by atoms with Crippen LogP contribution in [0.5, 0.6) is 0 Å². The molecule has 0 radical (unpaired) electrons. The van der Waals surface area contributed by atoms with Crippen molar-refractivity contribution in [2.24, 2.45) is 5.73 Å². The standard InChI is InChI=1S/C13H21N3/c1-5-8-16(10(2)3)12-6-7-13(11(4)14)15-9-12/h5-7,9-11H,1,8,14H2,2-4H3/t11-/m0/s1. The van der Waals surface area contributed by atoms with Crippen LogP contribution in [0.4, 0.5) is 5.69 Å². The molecule has 1 heterocycles. The molecule has 3 nitrogen and oxygen atoms in total. The van der Waals surface area contributed by atoms with Crippen molar-refractivity contribution in [2.75, 3.05) is 11.4 Å². The van der Waals surface area contributed by atoms with E-state index in [1.807, 2.05) is 25.3 Å². The van der Waals surface area contributed by atoms with Gasteiger partial charge in [-0.3, -0.25) is 4.98 Å². The predicted octanol–water partition coefficient (Wildman–Crippen LogP) is 2.50. The van der Waals surface area contributed by atoms with Gasteiger partial charge in [0.25, 0.3) is 0 Å². The first-order valence-corrected chi connectivity index (χ1v) is 5.65. The lowest BCUT2D eigenvalue weighted by molar-refractivity contribution is 0.718. The monoisotopic (exact) mass is 219 g/mol. The van der Waals surface area contributed by atoms with Gasteiger partial charge in [0.05, 0.1) is 17.6 Å². The molecule has 0 spiro atoms. The minimum Gasteiger partial charge on any atom is -0.364 e. The first kappa shape index (κ1) is 12.7. The number of hydrogen-bond acceptors (Lipinski definition) is 3. The number of aromatic nitrogens is 1. The third-order valence-corrected chi connectivity index (χ3v) is 2.52. The maximum absolute atomic E-state index is 5.77. The van der Waals surface area contributed by atoms with Crippen LogP contribution in [0.15, 0.2) is 31.0 Å². The van der Waals surface area contributed by atoms with E-state index in [-0.39, 0.29) is 6.04 Å². The molecule has 2 N–H and O–H groups in total. The topological polar surface area (TPSA) is 42.1 Å². The lowest BCUT2D eigenvalue weighted by Crippen LogP contribution is -2.30. The van der Waals surface area contributed by atoms with Crippen molar-refractivity contribution in [1.29, 1.82) is 0 Å². The van der Waals surface area contributed by atoms with Crippen LogP contribution in [-0.4, -0.2) is 17.6 Å². The van der Waals surface area contributed by atoms with Crippen LogP contribution in [0.2, 0.25) is 0 Å². The number of nitrogens with zero attached hydrogens (tertiary/aromatic N) is 2. The van der Waals surface area contributed by atoms with E-state index in [1.54, 1.807) is 0 Å². The summed E-state index contributed by atoms with van der Waals surface area (Å²) < 4.78 is 0. The van der Waals surface area contributed by atoms with Gasteiger partial charge in [0, 0.05) is 18.6 Å². The van der Waals surface area contributed by atoms with E-state index in [4.69, 9.17) is 5.73 Å². The summed E-state index contributed by atoms with van der Waals surface area (Å²) in [5.41, 5.74) is 7.80. The van der Waals surface area contributed by atoms with Crippen LogP contribution < -0.4 is 10.6 Å². The quantitative estimate of drug-likeness (QED) is 0.774. The molecule has 0 saturated heterocycles. The molecule has 0 aliphatic carbocycles. The molecule has 0 aliphatic heterocycles. The minimum atomic E-state index is -0.0130. The molecule has 0 unspecified atom stereocenters. The molecule has 0 aromatic carbocycles. The summed E-state index contributed by atoms with van der Waals surface area (Å²) in [7, 11) is 0. The molecule has 1 aromatic heterocycles. The van der Waals surface area contributed by atoms with Crippen molar-refractivity contribution in [2.45, 2.75) is 32.9 Å². The third kappa shape index (κ3) is 3.07. The van der Waals surface area contributed by atoms with Gasteiger partial charge in [-0.25, -0.2) is 0 Å². The molecular weight excluding hydrogens is 198 g/mol. The van der Waals surface area contributed by atoms with E-state index >= 15 is 0 Å². The van der Waals surface area contributed by atoms with Gasteiger partial charge in [0.2, 0.25) is 0 Å². The first-order chi connectivity index (χ1) is 7.56. The molecule has 1 aromatic rings. The van der Waals surface area contributed by atoms with Crippen LogP contribution in [0.3, 0.4) is 0 Å². The fraction of sp³-hybridized carbons (Fsp3) is 0.462. The Morgan fingerprint density at radius 1 is 1.44 bits per heavy atom. The van der Waals surface area contributed by atoms with Crippen LogP contribution in [0.1, 0.15) is 32.5 Å². The Balaban J connectivity index is 2.89. The molecule has 0 aliphatic rings. The molecular formula is C13H21N3. The average molecular weight is 219 g/mol. The summed E-state index contributed by atoms with van der Waals surface area (Å²) in [6.45, 7) is 10.9. The predicted molar refractivity (Wildman–Crippen MR) is 69.5 cm³/mol. The average Bonchev–Trinajstić information content (AvgIpc) is 2.25. The Hall–Kier alpha value is -1.35. The van der Waals surface area contributed by atoms with Crippen molar-refractivity contribution in [3.63, 3.8) is 0 Å². The van der Waals surface area contributed by atoms with Gasteiger partial charge < -0.3 is 10.6 Å². The Kier molecular flexibility index (Phi) is 4.50. The number of pyridine rings is 1. The summed E-state index contributed by atoms with van der Waals surface area (Å²) >= 11 is 0. The van der Waals surface area contributed by atoms with Crippen LogP contribution in [0, 0.1) is 0 Å². The zero-order chi connectivity index (χ0) is 12.1.